The molecule has 0 radical (unpaired) electrons. The summed E-state index contributed by atoms with van der Waals surface area (Å²) in [6, 6.07) is 3.59. The molecule has 0 unspecified atom stereocenters. The molecule has 1 aromatic heterocycles. The fourth-order valence-corrected chi connectivity index (χ4v) is 1.13. The van der Waals surface area contributed by atoms with E-state index in [1.54, 1.807) is 12.3 Å². The molecule has 0 fully saturated rings. The summed E-state index contributed by atoms with van der Waals surface area (Å²) in [5.74, 6) is 0.166. The van der Waals surface area contributed by atoms with Crippen molar-refractivity contribution in [1.82, 2.24) is 10.3 Å². The first-order chi connectivity index (χ1) is 6.27. The van der Waals surface area contributed by atoms with Crippen molar-refractivity contribution in [2.45, 2.75) is 19.9 Å². The number of Topliss-reactive ketones (excluding diaryl/α,β-unsaturated/α-hetero) is 1. The van der Waals surface area contributed by atoms with E-state index in [4.69, 9.17) is 0 Å². The van der Waals surface area contributed by atoms with Crippen LogP contribution in [0.25, 0.3) is 0 Å². The summed E-state index contributed by atoms with van der Waals surface area (Å²) >= 11 is 0. The Morgan fingerprint density at radius 1 is 1.62 bits per heavy atom. The molecule has 0 bridgehead atoms. The molecule has 0 amide bonds. The Morgan fingerprint density at radius 2 is 2.38 bits per heavy atom. The van der Waals surface area contributed by atoms with E-state index in [0.29, 0.717) is 13.0 Å². The lowest BCUT2D eigenvalue weighted by Crippen LogP contribution is -2.08. The Balaban J connectivity index is 2.85. The number of aromatic nitrogens is 1. The van der Waals surface area contributed by atoms with Crippen molar-refractivity contribution in [3.8, 4) is 0 Å². The average molecular weight is 178 g/mol. The molecule has 0 aliphatic rings. The number of rotatable bonds is 4. The standard InChI is InChI=1S/C10H14N2O/c1-3-10(13)8-4-5-12-9(6-8)7-11-2/h4-6,11H,3,7H2,1-2H3. The van der Waals surface area contributed by atoms with Gasteiger partial charge in [0.1, 0.15) is 0 Å². The number of nitrogens with one attached hydrogen (secondary N) is 1. The van der Waals surface area contributed by atoms with Crippen molar-refractivity contribution in [2.75, 3.05) is 7.05 Å². The van der Waals surface area contributed by atoms with Gasteiger partial charge in [0.2, 0.25) is 0 Å². The largest absolute Gasteiger partial charge is 0.314 e. The maximum absolute atomic E-state index is 11.3. The predicted molar refractivity (Wildman–Crippen MR) is 51.6 cm³/mol. The summed E-state index contributed by atoms with van der Waals surface area (Å²) in [5.41, 5.74) is 1.66. The molecule has 0 atom stereocenters. The van der Waals surface area contributed by atoms with Crippen LogP contribution in [0.2, 0.25) is 0 Å². The topological polar surface area (TPSA) is 42.0 Å². The van der Waals surface area contributed by atoms with Gasteiger partial charge in [0.05, 0.1) is 5.69 Å². The van der Waals surface area contributed by atoms with E-state index in [9.17, 15) is 4.79 Å². The SMILES string of the molecule is CCC(=O)c1ccnc(CNC)c1. The Kier molecular flexibility index (Phi) is 3.58. The van der Waals surface area contributed by atoms with Crippen LogP contribution in [0.15, 0.2) is 18.3 Å². The third-order valence-electron chi connectivity index (χ3n) is 1.82. The molecule has 0 saturated heterocycles. The first kappa shape index (κ1) is 9.86. The lowest BCUT2D eigenvalue weighted by molar-refractivity contribution is 0.0988. The summed E-state index contributed by atoms with van der Waals surface area (Å²) < 4.78 is 0. The quantitative estimate of drug-likeness (QED) is 0.708. The molecule has 1 aromatic rings. The molecule has 0 aromatic carbocycles. The highest BCUT2D eigenvalue weighted by Crippen LogP contribution is 2.04. The number of carbonyl (C=O) groups is 1. The van der Waals surface area contributed by atoms with Crippen LogP contribution in [-0.2, 0) is 6.54 Å². The Hall–Kier alpha value is -1.22. The number of hydrogen-bond acceptors (Lipinski definition) is 3. The van der Waals surface area contributed by atoms with Gasteiger partial charge < -0.3 is 5.32 Å². The maximum atomic E-state index is 11.3. The normalized spacial score (nSPS) is 10.0. The van der Waals surface area contributed by atoms with Gasteiger partial charge in [-0.05, 0) is 19.2 Å². The zero-order chi connectivity index (χ0) is 9.68. The number of ketones is 1. The summed E-state index contributed by atoms with van der Waals surface area (Å²) in [6.45, 7) is 2.56. The van der Waals surface area contributed by atoms with Gasteiger partial charge in [0.15, 0.2) is 5.78 Å². The van der Waals surface area contributed by atoms with Crippen LogP contribution >= 0.6 is 0 Å². The van der Waals surface area contributed by atoms with Crippen LogP contribution in [-0.4, -0.2) is 17.8 Å². The van der Waals surface area contributed by atoms with E-state index in [0.717, 1.165) is 11.3 Å². The highest BCUT2D eigenvalue weighted by molar-refractivity contribution is 5.95. The van der Waals surface area contributed by atoms with Gasteiger partial charge in [-0.1, -0.05) is 6.92 Å². The van der Waals surface area contributed by atoms with E-state index in [1.807, 2.05) is 20.0 Å². The third-order valence-corrected chi connectivity index (χ3v) is 1.82. The van der Waals surface area contributed by atoms with Crippen LogP contribution in [0, 0.1) is 0 Å². The van der Waals surface area contributed by atoms with Gasteiger partial charge in [-0.15, -0.1) is 0 Å². The van der Waals surface area contributed by atoms with Crippen molar-refractivity contribution in [1.29, 1.82) is 0 Å². The minimum absolute atomic E-state index is 0.166. The van der Waals surface area contributed by atoms with Crippen molar-refractivity contribution >= 4 is 5.78 Å². The lowest BCUT2D eigenvalue weighted by Gasteiger charge is -2.01. The zero-order valence-electron chi connectivity index (χ0n) is 8.00. The minimum Gasteiger partial charge on any atom is -0.314 e. The average Bonchev–Trinajstić information content (AvgIpc) is 2.18. The maximum Gasteiger partial charge on any atom is 0.162 e. The van der Waals surface area contributed by atoms with E-state index in [2.05, 4.69) is 10.3 Å². The fraction of sp³-hybridized carbons (Fsp3) is 0.400. The molecule has 3 nitrogen and oxygen atoms in total. The van der Waals surface area contributed by atoms with E-state index in [-0.39, 0.29) is 5.78 Å². The smallest absolute Gasteiger partial charge is 0.162 e. The Labute approximate surface area is 78.2 Å². The van der Waals surface area contributed by atoms with Gasteiger partial charge in [-0.2, -0.15) is 0 Å². The number of hydrogen-bond donors (Lipinski definition) is 1. The Bertz CT molecular complexity index is 297. The molecule has 1 rings (SSSR count). The molecule has 1 heterocycles. The molecular weight excluding hydrogens is 164 g/mol. The van der Waals surface area contributed by atoms with Crippen LogP contribution < -0.4 is 5.32 Å². The van der Waals surface area contributed by atoms with E-state index in [1.165, 1.54) is 0 Å². The lowest BCUT2D eigenvalue weighted by atomic mass is 10.1. The molecule has 3 heteroatoms. The zero-order valence-corrected chi connectivity index (χ0v) is 8.00. The van der Waals surface area contributed by atoms with Gasteiger partial charge in [-0.3, -0.25) is 9.78 Å². The third kappa shape index (κ3) is 2.63. The molecule has 0 saturated carbocycles. The highest BCUT2D eigenvalue weighted by Gasteiger charge is 2.03. The van der Waals surface area contributed by atoms with Crippen LogP contribution in [0.5, 0.6) is 0 Å². The Morgan fingerprint density at radius 3 is 3.00 bits per heavy atom. The fourth-order valence-electron chi connectivity index (χ4n) is 1.13. The molecule has 0 aliphatic carbocycles. The molecule has 0 aliphatic heterocycles. The molecule has 1 N–H and O–H groups in total. The minimum atomic E-state index is 0.166. The first-order valence-electron chi connectivity index (χ1n) is 4.40. The second-order valence-electron chi connectivity index (χ2n) is 2.84. The summed E-state index contributed by atoms with van der Waals surface area (Å²) in [4.78, 5) is 15.5. The van der Waals surface area contributed by atoms with Crippen LogP contribution in [0.4, 0.5) is 0 Å². The van der Waals surface area contributed by atoms with Gasteiger partial charge in [0, 0.05) is 24.7 Å². The number of carbonyl (C=O) groups excluding carboxylic acids is 1. The molecule has 13 heavy (non-hydrogen) atoms. The molecule has 70 valence electrons. The van der Waals surface area contributed by atoms with Crippen molar-refractivity contribution in [3.05, 3.63) is 29.6 Å². The summed E-state index contributed by atoms with van der Waals surface area (Å²) in [6.07, 6.45) is 2.22. The van der Waals surface area contributed by atoms with Crippen molar-refractivity contribution < 1.29 is 4.79 Å². The first-order valence-corrected chi connectivity index (χ1v) is 4.40. The van der Waals surface area contributed by atoms with Crippen LogP contribution in [0.3, 0.4) is 0 Å². The summed E-state index contributed by atoms with van der Waals surface area (Å²) in [5, 5.41) is 2.99. The number of nitrogens with zero attached hydrogens (tertiary/aromatic N) is 1. The second-order valence-corrected chi connectivity index (χ2v) is 2.84. The van der Waals surface area contributed by atoms with Gasteiger partial charge >= 0.3 is 0 Å². The van der Waals surface area contributed by atoms with Crippen LogP contribution in [0.1, 0.15) is 29.4 Å². The van der Waals surface area contributed by atoms with E-state index < -0.39 is 0 Å². The monoisotopic (exact) mass is 178 g/mol. The van der Waals surface area contributed by atoms with Gasteiger partial charge in [-0.25, -0.2) is 0 Å². The molecule has 0 spiro atoms. The van der Waals surface area contributed by atoms with Gasteiger partial charge in [0.25, 0.3) is 0 Å². The number of pyridine rings is 1. The van der Waals surface area contributed by atoms with Crippen molar-refractivity contribution in [2.24, 2.45) is 0 Å². The molecular formula is C10H14N2O. The van der Waals surface area contributed by atoms with Crippen molar-refractivity contribution in [3.63, 3.8) is 0 Å². The second kappa shape index (κ2) is 4.72. The van der Waals surface area contributed by atoms with E-state index >= 15 is 0 Å². The summed E-state index contributed by atoms with van der Waals surface area (Å²) in [7, 11) is 1.86. The highest BCUT2D eigenvalue weighted by atomic mass is 16.1. The predicted octanol–water partition coefficient (Wildman–Crippen LogP) is 1.39.